The molecule has 100 valence electrons. The maximum atomic E-state index is 12.1. The van der Waals surface area contributed by atoms with Crippen LogP contribution in [0, 0.1) is 5.41 Å². The molecule has 2 rings (SSSR count). The molecule has 2 atom stereocenters. The lowest BCUT2D eigenvalue weighted by molar-refractivity contribution is -0.159. The van der Waals surface area contributed by atoms with E-state index in [9.17, 15) is 9.59 Å². The number of ether oxygens (including phenoxy) is 2. The van der Waals surface area contributed by atoms with Crippen molar-refractivity contribution in [1.29, 1.82) is 0 Å². The Hall–Kier alpha value is -1.56. The molecule has 1 saturated heterocycles. The van der Waals surface area contributed by atoms with Gasteiger partial charge >= 0.3 is 6.09 Å². The van der Waals surface area contributed by atoms with Crippen molar-refractivity contribution in [1.82, 2.24) is 5.32 Å². The summed E-state index contributed by atoms with van der Waals surface area (Å²) in [7, 11) is 0. The molecule has 0 radical (unpaired) electrons. The van der Waals surface area contributed by atoms with Gasteiger partial charge < -0.3 is 20.5 Å². The van der Waals surface area contributed by atoms with Crippen molar-refractivity contribution >= 4 is 12.0 Å². The quantitative estimate of drug-likeness (QED) is 0.710. The standard InChI is InChI=1S/C12H18N2O4/c1-12(6-17-7-12)10(15)14-8-4-2-3-5-9(8)18-11(13)16/h2-3,8-9H,4-7H2,1H3,(H2,13,16)(H,14,15)/t8-,9-/m1/s1. The van der Waals surface area contributed by atoms with E-state index in [1.807, 2.05) is 19.1 Å². The van der Waals surface area contributed by atoms with Crippen molar-refractivity contribution in [3.05, 3.63) is 12.2 Å². The molecule has 0 aromatic rings. The lowest BCUT2D eigenvalue weighted by atomic mass is 9.86. The zero-order valence-corrected chi connectivity index (χ0v) is 10.3. The first-order valence-electron chi connectivity index (χ1n) is 6.01. The van der Waals surface area contributed by atoms with Crippen molar-refractivity contribution in [3.8, 4) is 0 Å². The van der Waals surface area contributed by atoms with Gasteiger partial charge in [0.2, 0.25) is 5.91 Å². The van der Waals surface area contributed by atoms with E-state index in [-0.39, 0.29) is 18.1 Å². The lowest BCUT2D eigenvalue weighted by Gasteiger charge is -2.38. The summed E-state index contributed by atoms with van der Waals surface area (Å²) in [6.07, 6.45) is 3.89. The predicted octanol–water partition coefficient (Wildman–Crippen LogP) is 0.322. The monoisotopic (exact) mass is 254 g/mol. The fraction of sp³-hybridized carbons (Fsp3) is 0.667. The van der Waals surface area contributed by atoms with Crippen LogP contribution in [0.5, 0.6) is 0 Å². The van der Waals surface area contributed by atoms with Gasteiger partial charge in [0.1, 0.15) is 6.10 Å². The molecule has 2 amide bonds. The molecule has 6 heteroatoms. The van der Waals surface area contributed by atoms with Crippen LogP contribution in [0.1, 0.15) is 19.8 Å². The van der Waals surface area contributed by atoms with Crippen molar-refractivity contribution < 1.29 is 19.1 Å². The SMILES string of the molecule is CC1(C(=O)N[C@@H]2CC=CC[C@H]2OC(N)=O)COC1. The maximum absolute atomic E-state index is 12.1. The highest BCUT2D eigenvalue weighted by Crippen LogP contribution is 2.27. The van der Waals surface area contributed by atoms with Crippen molar-refractivity contribution in [3.63, 3.8) is 0 Å². The largest absolute Gasteiger partial charge is 0.444 e. The molecule has 1 aliphatic heterocycles. The van der Waals surface area contributed by atoms with E-state index in [0.29, 0.717) is 26.1 Å². The number of hydrogen-bond donors (Lipinski definition) is 2. The van der Waals surface area contributed by atoms with Gasteiger partial charge in [-0.15, -0.1) is 0 Å². The Morgan fingerprint density at radius 2 is 2.06 bits per heavy atom. The average Bonchev–Trinajstić information content (AvgIpc) is 2.27. The van der Waals surface area contributed by atoms with E-state index in [1.165, 1.54) is 0 Å². The van der Waals surface area contributed by atoms with Crippen LogP contribution < -0.4 is 11.1 Å². The summed E-state index contributed by atoms with van der Waals surface area (Å²) in [5.74, 6) is -0.0629. The molecule has 3 N–H and O–H groups in total. The lowest BCUT2D eigenvalue weighted by Crippen LogP contribution is -2.57. The molecule has 0 unspecified atom stereocenters. The molecular weight excluding hydrogens is 236 g/mol. The van der Waals surface area contributed by atoms with Gasteiger partial charge in [-0.25, -0.2) is 4.79 Å². The van der Waals surface area contributed by atoms with E-state index < -0.39 is 11.5 Å². The smallest absolute Gasteiger partial charge is 0.404 e. The summed E-state index contributed by atoms with van der Waals surface area (Å²) in [6, 6.07) is -0.215. The number of rotatable bonds is 3. The van der Waals surface area contributed by atoms with Gasteiger partial charge in [0.15, 0.2) is 0 Å². The third-order valence-electron chi connectivity index (χ3n) is 3.35. The van der Waals surface area contributed by atoms with Crippen molar-refractivity contribution in [2.45, 2.75) is 31.9 Å². The van der Waals surface area contributed by atoms with Gasteiger partial charge in [0.25, 0.3) is 0 Å². The third kappa shape index (κ3) is 2.64. The molecule has 0 bridgehead atoms. The van der Waals surface area contributed by atoms with Gasteiger partial charge in [0.05, 0.1) is 24.7 Å². The summed E-state index contributed by atoms with van der Waals surface area (Å²) in [5.41, 5.74) is 4.56. The van der Waals surface area contributed by atoms with Crippen LogP contribution in [-0.4, -0.2) is 37.4 Å². The predicted molar refractivity (Wildman–Crippen MR) is 63.7 cm³/mol. The van der Waals surface area contributed by atoms with Crippen LogP contribution in [0.4, 0.5) is 4.79 Å². The second kappa shape index (κ2) is 4.97. The minimum atomic E-state index is -0.812. The molecular formula is C12H18N2O4. The van der Waals surface area contributed by atoms with Crippen LogP contribution in [0.2, 0.25) is 0 Å². The number of carbonyl (C=O) groups is 2. The first kappa shape index (κ1) is 12.9. The average molecular weight is 254 g/mol. The fourth-order valence-electron chi connectivity index (χ4n) is 2.10. The molecule has 0 aromatic heterocycles. The second-order valence-corrected chi connectivity index (χ2v) is 5.05. The summed E-state index contributed by atoms with van der Waals surface area (Å²) >= 11 is 0. The zero-order chi connectivity index (χ0) is 13.2. The number of nitrogens with one attached hydrogen (secondary N) is 1. The minimum absolute atomic E-state index is 0.0629. The third-order valence-corrected chi connectivity index (χ3v) is 3.35. The van der Waals surface area contributed by atoms with Crippen molar-refractivity contribution in [2.24, 2.45) is 11.1 Å². The second-order valence-electron chi connectivity index (χ2n) is 5.05. The Labute approximate surface area is 105 Å². The van der Waals surface area contributed by atoms with E-state index >= 15 is 0 Å². The van der Waals surface area contributed by atoms with Crippen LogP contribution in [-0.2, 0) is 14.3 Å². The Balaban J connectivity index is 1.95. The fourth-order valence-corrected chi connectivity index (χ4v) is 2.10. The normalized spacial score (nSPS) is 29.2. The molecule has 1 aliphatic carbocycles. The molecule has 18 heavy (non-hydrogen) atoms. The number of nitrogens with two attached hydrogens (primary N) is 1. The van der Waals surface area contributed by atoms with Gasteiger partial charge in [-0.05, 0) is 13.3 Å². The Morgan fingerprint density at radius 3 is 2.61 bits per heavy atom. The zero-order valence-electron chi connectivity index (χ0n) is 10.3. The van der Waals surface area contributed by atoms with E-state index in [2.05, 4.69) is 5.32 Å². The number of hydrogen-bond acceptors (Lipinski definition) is 4. The van der Waals surface area contributed by atoms with Gasteiger partial charge in [0, 0.05) is 6.42 Å². The Morgan fingerprint density at radius 1 is 1.39 bits per heavy atom. The summed E-state index contributed by atoms with van der Waals surface area (Å²) in [5, 5.41) is 2.91. The van der Waals surface area contributed by atoms with E-state index in [1.54, 1.807) is 0 Å². The molecule has 2 aliphatic rings. The highest BCUT2D eigenvalue weighted by Gasteiger charge is 2.42. The number of primary amides is 1. The van der Waals surface area contributed by atoms with Crippen LogP contribution in [0.15, 0.2) is 12.2 Å². The van der Waals surface area contributed by atoms with E-state index in [4.69, 9.17) is 15.2 Å². The Bertz CT molecular complexity index is 376. The van der Waals surface area contributed by atoms with E-state index in [0.717, 1.165) is 0 Å². The first-order chi connectivity index (χ1) is 8.51. The summed E-state index contributed by atoms with van der Waals surface area (Å²) in [6.45, 7) is 2.72. The number of amides is 2. The molecule has 0 aromatic carbocycles. The molecule has 6 nitrogen and oxygen atoms in total. The highest BCUT2D eigenvalue weighted by atomic mass is 16.6. The van der Waals surface area contributed by atoms with Crippen LogP contribution in [0.3, 0.4) is 0 Å². The summed E-state index contributed by atoms with van der Waals surface area (Å²) in [4.78, 5) is 22.9. The minimum Gasteiger partial charge on any atom is -0.444 e. The molecule has 0 saturated carbocycles. The van der Waals surface area contributed by atoms with Gasteiger partial charge in [-0.3, -0.25) is 4.79 Å². The van der Waals surface area contributed by atoms with Crippen molar-refractivity contribution in [2.75, 3.05) is 13.2 Å². The number of carbonyl (C=O) groups excluding carboxylic acids is 2. The highest BCUT2D eigenvalue weighted by molar-refractivity contribution is 5.83. The van der Waals surface area contributed by atoms with Gasteiger partial charge in [-0.1, -0.05) is 12.2 Å². The molecule has 1 fully saturated rings. The summed E-state index contributed by atoms with van der Waals surface area (Å²) < 4.78 is 10.1. The van der Waals surface area contributed by atoms with Crippen LogP contribution in [0.25, 0.3) is 0 Å². The Kier molecular flexibility index (Phi) is 3.56. The van der Waals surface area contributed by atoms with Gasteiger partial charge in [-0.2, -0.15) is 0 Å². The first-order valence-corrected chi connectivity index (χ1v) is 6.01. The molecule has 1 heterocycles. The topological polar surface area (TPSA) is 90.6 Å². The molecule has 0 spiro atoms. The maximum Gasteiger partial charge on any atom is 0.404 e. The van der Waals surface area contributed by atoms with Crippen LogP contribution >= 0.6 is 0 Å².